The Kier molecular flexibility index (Phi) is 2.50. The highest BCUT2D eigenvalue weighted by Gasteiger charge is 2.39. The van der Waals surface area contributed by atoms with E-state index >= 15 is 0 Å². The summed E-state index contributed by atoms with van der Waals surface area (Å²) in [5.74, 6) is -0.0827. The number of carbonyl (C=O) groups excluding carboxylic acids is 2. The zero-order valence-corrected chi connectivity index (χ0v) is 7.55. The fraction of sp³-hybridized carbons (Fsp3) is 0.778. The zero-order valence-electron chi connectivity index (χ0n) is 7.55. The summed E-state index contributed by atoms with van der Waals surface area (Å²) in [5.41, 5.74) is -0.437. The van der Waals surface area contributed by atoms with Crippen LogP contribution in [0.4, 0.5) is 0 Å². The number of ether oxygens (including phenoxy) is 1. The highest BCUT2D eigenvalue weighted by molar-refractivity contribution is 5.90. The number of esters is 1. The van der Waals surface area contributed by atoms with E-state index in [2.05, 4.69) is 4.74 Å². The first-order valence-corrected chi connectivity index (χ1v) is 4.18. The molecule has 0 amide bonds. The van der Waals surface area contributed by atoms with Gasteiger partial charge in [-0.1, -0.05) is 6.92 Å². The highest BCUT2D eigenvalue weighted by Crippen LogP contribution is 2.37. The molecule has 0 bridgehead atoms. The molecule has 0 aliphatic heterocycles. The van der Waals surface area contributed by atoms with Crippen LogP contribution >= 0.6 is 0 Å². The Hall–Kier alpha value is -0.860. The largest absolute Gasteiger partial charge is 0.469 e. The summed E-state index contributed by atoms with van der Waals surface area (Å²) in [4.78, 5) is 22.3. The van der Waals surface area contributed by atoms with Crippen molar-refractivity contribution in [3.63, 3.8) is 0 Å². The molecule has 0 unspecified atom stereocenters. The number of methoxy groups -OCH3 is 1. The average molecular weight is 170 g/mol. The molecule has 0 heterocycles. The maximum absolute atomic E-state index is 11.3. The maximum Gasteiger partial charge on any atom is 0.306 e. The standard InChI is InChI=1S/C9H14O3/c1-9(6-8(11)12-2)5-3-4-7(9)10/h3-6H2,1-2H3/t9-/m0/s1. The Morgan fingerprint density at radius 1 is 1.67 bits per heavy atom. The Balaban J connectivity index is 2.59. The van der Waals surface area contributed by atoms with Gasteiger partial charge in [0, 0.05) is 11.8 Å². The van der Waals surface area contributed by atoms with Gasteiger partial charge in [-0.25, -0.2) is 0 Å². The van der Waals surface area contributed by atoms with Crippen molar-refractivity contribution >= 4 is 11.8 Å². The fourth-order valence-electron chi connectivity index (χ4n) is 1.66. The second-order valence-corrected chi connectivity index (χ2v) is 3.59. The highest BCUT2D eigenvalue weighted by atomic mass is 16.5. The molecule has 0 spiro atoms. The molecule has 1 fully saturated rings. The van der Waals surface area contributed by atoms with Gasteiger partial charge in [0.15, 0.2) is 0 Å². The van der Waals surface area contributed by atoms with Crippen molar-refractivity contribution in [3.05, 3.63) is 0 Å². The number of hydrogen-bond acceptors (Lipinski definition) is 3. The van der Waals surface area contributed by atoms with Crippen molar-refractivity contribution in [1.82, 2.24) is 0 Å². The second kappa shape index (κ2) is 3.25. The zero-order chi connectivity index (χ0) is 9.19. The summed E-state index contributed by atoms with van der Waals surface area (Å²) in [6, 6.07) is 0. The van der Waals surface area contributed by atoms with Crippen LogP contribution in [0.5, 0.6) is 0 Å². The molecular formula is C9H14O3. The van der Waals surface area contributed by atoms with Crippen molar-refractivity contribution in [2.75, 3.05) is 7.11 Å². The molecule has 1 aliphatic rings. The van der Waals surface area contributed by atoms with E-state index in [9.17, 15) is 9.59 Å². The molecule has 0 aromatic heterocycles. The molecule has 12 heavy (non-hydrogen) atoms. The first kappa shape index (κ1) is 9.23. The Morgan fingerprint density at radius 3 is 2.75 bits per heavy atom. The van der Waals surface area contributed by atoms with Crippen LogP contribution in [0.1, 0.15) is 32.6 Å². The lowest BCUT2D eigenvalue weighted by Gasteiger charge is -2.19. The van der Waals surface area contributed by atoms with E-state index in [-0.39, 0.29) is 18.2 Å². The first-order valence-electron chi connectivity index (χ1n) is 4.18. The predicted molar refractivity (Wildman–Crippen MR) is 43.6 cm³/mol. The van der Waals surface area contributed by atoms with Crippen molar-refractivity contribution in [2.24, 2.45) is 5.41 Å². The van der Waals surface area contributed by atoms with Gasteiger partial charge in [0.25, 0.3) is 0 Å². The summed E-state index contributed by atoms with van der Waals surface area (Å²) < 4.78 is 4.53. The minimum atomic E-state index is -0.437. The summed E-state index contributed by atoms with van der Waals surface area (Å²) in [6.07, 6.45) is 2.59. The van der Waals surface area contributed by atoms with Gasteiger partial charge < -0.3 is 4.74 Å². The second-order valence-electron chi connectivity index (χ2n) is 3.59. The normalized spacial score (nSPS) is 29.0. The van der Waals surface area contributed by atoms with E-state index < -0.39 is 5.41 Å². The maximum atomic E-state index is 11.3. The Labute approximate surface area is 72.1 Å². The lowest BCUT2D eigenvalue weighted by atomic mass is 9.84. The molecular weight excluding hydrogens is 156 g/mol. The van der Waals surface area contributed by atoms with Crippen LogP contribution in [0.25, 0.3) is 0 Å². The lowest BCUT2D eigenvalue weighted by molar-refractivity contribution is -0.145. The van der Waals surface area contributed by atoms with E-state index in [0.29, 0.717) is 6.42 Å². The number of carbonyl (C=O) groups is 2. The van der Waals surface area contributed by atoms with Gasteiger partial charge in [-0.3, -0.25) is 9.59 Å². The van der Waals surface area contributed by atoms with E-state index in [1.807, 2.05) is 6.92 Å². The number of hydrogen-bond donors (Lipinski definition) is 0. The third-order valence-corrected chi connectivity index (χ3v) is 2.57. The van der Waals surface area contributed by atoms with E-state index in [0.717, 1.165) is 12.8 Å². The molecule has 0 aromatic carbocycles. The topological polar surface area (TPSA) is 43.4 Å². The predicted octanol–water partition coefficient (Wildman–Crippen LogP) is 1.31. The van der Waals surface area contributed by atoms with Gasteiger partial charge in [0.05, 0.1) is 13.5 Å². The lowest BCUT2D eigenvalue weighted by Crippen LogP contribution is -2.25. The molecule has 1 aliphatic carbocycles. The molecule has 0 N–H and O–H groups in total. The van der Waals surface area contributed by atoms with Crippen molar-refractivity contribution in [1.29, 1.82) is 0 Å². The van der Waals surface area contributed by atoms with Gasteiger partial charge in [-0.05, 0) is 12.8 Å². The molecule has 0 saturated heterocycles. The quantitative estimate of drug-likeness (QED) is 0.587. The van der Waals surface area contributed by atoms with Gasteiger partial charge in [0.1, 0.15) is 5.78 Å². The number of ketones is 1. The number of rotatable bonds is 2. The van der Waals surface area contributed by atoms with Gasteiger partial charge in [-0.2, -0.15) is 0 Å². The van der Waals surface area contributed by atoms with Gasteiger partial charge in [-0.15, -0.1) is 0 Å². The molecule has 0 aromatic rings. The minimum Gasteiger partial charge on any atom is -0.469 e. The molecule has 3 heteroatoms. The SMILES string of the molecule is COC(=O)C[C@]1(C)CCCC1=O. The van der Waals surface area contributed by atoms with Gasteiger partial charge in [0.2, 0.25) is 0 Å². The van der Waals surface area contributed by atoms with E-state index in [1.54, 1.807) is 0 Å². The van der Waals surface area contributed by atoms with Gasteiger partial charge >= 0.3 is 5.97 Å². The molecule has 3 nitrogen and oxygen atoms in total. The summed E-state index contributed by atoms with van der Waals surface area (Å²) >= 11 is 0. The molecule has 1 atom stereocenters. The third-order valence-electron chi connectivity index (χ3n) is 2.57. The van der Waals surface area contributed by atoms with Crippen LogP contribution in [0.3, 0.4) is 0 Å². The fourth-order valence-corrected chi connectivity index (χ4v) is 1.66. The Bertz CT molecular complexity index is 210. The molecule has 0 radical (unpaired) electrons. The summed E-state index contributed by atoms with van der Waals surface area (Å²) in [6.45, 7) is 1.85. The third kappa shape index (κ3) is 1.65. The van der Waals surface area contributed by atoms with Crippen molar-refractivity contribution < 1.29 is 14.3 Å². The first-order chi connectivity index (χ1) is 5.58. The van der Waals surface area contributed by atoms with E-state index in [4.69, 9.17) is 0 Å². The van der Waals surface area contributed by atoms with Crippen LogP contribution in [0, 0.1) is 5.41 Å². The monoisotopic (exact) mass is 170 g/mol. The minimum absolute atomic E-state index is 0.202. The van der Waals surface area contributed by atoms with E-state index in [1.165, 1.54) is 7.11 Å². The smallest absolute Gasteiger partial charge is 0.306 e. The van der Waals surface area contributed by atoms with Crippen molar-refractivity contribution in [2.45, 2.75) is 32.6 Å². The van der Waals surface area contributed by atoms with Crippen LogP contribution in [0.2, 0.25) is 0 Å². The van der Waals surface area contributed by atoms with Crippen LogP contribution in [-0.4, -0.2) is 18.9 Å². The van der Waals surface area contributed by atoms with Crippen LogP contribution in [-0.2, 0) is 14.3 Å². The molecule has 1 rings (SSSR count). The number of Topliss-reactive ketones (excluding diaryl/α,β-unsaturated/α-hetero) is 1. The average Bonchev–Trinajstić information content (AvgIpc) is 2.32. The van der Waals surface area contributed by atoms with Crippen molar-refractivity contribution in [3.8, 4) is 0 Å². The van der Waals surface area contributed by atoms with Crippen LogP contribution < -0.4 is 0 Å². The Morgan fingerprint density at radius 2 is 2.33 bits per heavy atom. The summed E-state index contributed by atoms with van der Waals surface area (Å²) in [7, 11) is 1.35. The van der Waals surface area contributed by atoms with Crippen LogP contribution in [0.15, 0.2) is 0 Å². The molecule has 1 saturated carbocycles. The summed E-state index contributed by atoms with van der Waals surface area (Å²) in [5, 5.41) is 0. The molecule has 68 valence electrons.